The normalized spacial score (nSPS) is 54.0. The summed E-state index contributed by atoms with van der Waals surface area (Å²) in [5, 5.41) is 0. The standard InChI is InChI=1S/C10H12O2/c1-2-6-3-5(1)9-7-4-8(10(6)9)12-11-7/h5-8H,1-4H2/t5-,6+,7-,8+. The van der Waals surface area contributed by atoms with Gasteiger partial charge in [-0.15, -0.1) is 0 Å². The van der Waals surface area contributed by atoms with Gasteiger partial charge < -0.3 is 0 Å². The second-order valence-electron chi connectivity index (χ2n) is 4.52. The highest BCUT2D eigenvalue weighted by atomic mass is 17.2. The van der Waals surface area contributed by atoms with Crippen LogP contribution in [-0.4, -0.2) is 12.2 Å². The minimum Gasteiger partial charge on any atom is -0.228 e. The third-order valence-electron chi connectivity index (χ3n) is 4.06. The fourth-order valence-corrected chi connectivity index (χ4v) is 3.68. The summed E-state index contributed by atoms with van der Waals surface area (Å²) < 4.78 is 0. The summed E-state index contributed by atoms with van der Waals surface area (Å²) in [6.45, 7) is 0. The average molecular weight is 164 g/mol. The maximum absolute atomic E-state index is 5.26. The molecule has 1 heterocycles. The fourth-order valence-electron chi connectivity index (χ4n) is 3.68. The Labute approximate surface area is 71.5 Å². The summed E-state index contributed by atoms with van der Waals surface area (Å²) >= 11 is 0. The molecule has 0 amide bonds. The molecule has 2 nitrogen and oxygen atoms in total. The molecule has 4 aliphatic rings. The zero-order valence-corrected chi connectivity index (χ0v) is 6.95. The molecule has 3 aliphatic carbocycles. The number of hydrogen-bond donors (Lipinski definition) is 0. The molecule has 2 fully saturated rings. The molecule has 0 radical (unpaired) electrons. The first kappa shape index (κ1) is 6.17. The summed E-state index contributed by atoms with van der Waals surface area (Å²) in [4.78, 5) is 10.5. The quantitative estimate of drug-likeness (QED) is 0.309. The van der Waals surface area contributed by atoms with Gasteiger partial charge in [0.25, 0.3) is 0 Å². The molecule has 0 aromatic heterocycles. The van der Waals surface area contributed by atoms with Crippen molar-refractivity contribution in [3.05, 3.63) is 11.1 Å². The van der Waals surface area contributed by atoms with Gasteiger partial charge in [0.05, 0.1) is 0 Å². The van der Waals surface area contributed by atoms with E-state index in [1.54, 1.807) is 11.1 Å². The van der Waals surface area contributed by atoms with Crippen LogP contribution in [0.2, 0.25) is 0 Å². The Morgan fingerprint density at radius 1 is 0.833 bits per heavy atom. The zero-order chi connectivity index (χ0) is 7.71. The SMILES string of the molecule is C1C[C@@H]2C[C@H]1C1=C2[C@H]2C[C@@H]1OO2. The predicted molar refractivity (Wildman–Crippen MR) is 42.2 cm³/mol. The van der Waals surface area contributed by atoms with Crippen molar-refractivity contribution in [1.29, 1.82) is 0 Å². The second kappa shape index (κ2) is 1.78. The third kappa shape index (κ3) is 0.511. The maximum Gasteiger partial charge on any atom is 0.118 e. The molecule has 0 spiro atoms. The van der Waals surface area contributed by atoms with Crippen molar-refractivity contribution in [2.75, 3.05) is 0 Å². The van der Waals surface area contributed by atoms with Crippen molar-refractivity contribution in [2.45, 2.75) is 37.9 Å². The minimum absolute atomic E-state index is 0.361. The molecule has 4 rings (SSSR count). The van der Waals surface area contributed by atoms with Gasteiger partial charge in [-0.1, -0.05) is 0 Å². The first-order valence-corrected chi connectivity index (χ1v) is 4.99. The molecule has 0 N–H and O–H groups in total. The monoisotopic (exact) mass is 164 g/mol. The van der Waals surface area contributed by atoms with Crippen molar-refractivity contribution in [3.8, 4) is 0 Å². The Bertz CT molecular complexity index is 230. The van der Waals surface area contributed by atoms with Crippen LogP contribution in [0.15, 0.2) is 11.1 Å². The molecule has 4 atom stereocenters. The molecule has 64 valence electrons. The van der Waals surface area contributed by atoms with Gasteiger partial charge in [-0.3, -0.25) is 0 Å². The molecule has 0 aromatic carbocycles. The molecule has 1 saturated carbocycles. The topological polar surface area (TPSA) is 18.5 Å². The molecule has 2 heteroatoms. The van der Waals surface area contributed by atoms with Gasteiger partial charge in [-0.25, -0.2) is 9.78 Å². The van der Waals surface area contributed by atoms with Crippen LogP contribution in [0.4, 0.5) is 0 Å². The van der Waals surface area contributed by atoms with Gasteiger partial charge in [-0.05, 0) is 42.2 Å². The molecular formula is C10H12O2. The summed E-state index contributed by atoms with van der Waals surface area (Å²) in [5.74, 6) is 1.76. The lowest BCUT2D eigenvalue weighted by atomic mass is 9.92. The van der Waals surface area contributed by atoms with Crippen LogP contribution >= 0.6 is 0 Å². The fraction of sp³-hybridized carbons (Fsp3) is 0.800. The van der Waals surface area contributed by atoms with Gasteiger partial charge in [0, 0.05) is 6.42 Å². The Kier molecular flexibility index (Phi) is 0.913. The Hall–Kier alpha value is -0.340. The average Bonchev–Trinajstić information content (AvgIpc) is 2.83. The van der Waals surface area contributed by atoms with Crippen molar-refractivity contribution in [2.24, 2.45) is 11.8 Å². The summed E-state index contributed by atoms with van der Waals surface area (Å²) in [6.07, 6.45) is 6.08. The molecule has 12 heavy (non-hydrogen) atoms. The van der Waals surface area contributed by atoms with Crippen molar-refractivity contribution >= 4 is 0 Å². The van der Waals surface area contributed by atoms with E-state index in [2.05, 4.69) is 0 Å². The van der Waals surface area contributed by atoms with Crippen LogP contribution in [0, 0.1) is 11.8 Å². The summed E-state index contributed by atoms with van der Waals surface area (Å²) in [6, 6.07) is 0. The van der Waals surface area contributed by atoms with E-state index in [-0.39, 0.29) is 0 Å². The molecule has 1 aliphatic heterocycles. The van der Waals surface area contributed by atoms with E-state index in [1.165, 1.54) is 19.3 Å². The van der Waals surface area contributed by atoms with E-state index >= 15 is 0 Å². The Morgan fingerprint density at radius 2 is 1.42 bits per heavy atom. The molecule has 4 bridgehead atoms. The van der Waals surface area contributed by atoms with Crippen LogP contribution < -0.4 is 0 Å². The predicted octanol–water partition coefficient (Wildman–Crippen LogP) is 1.82. The lowest BCUT2D eigenvalue weighted by Crippen LogP contribution is -2.18. The number of rotatable bonds is 0. The first-order valence-electron chi connectivity index (χ1n) is 4.99. The lowest BCUT2D eigenvalue weighted by molar-refractivity contribution is -0.292. The van der Waals surface area contributed by atoms with E-state index in [1.807, 2.05) is 0 Å². The van der Waals surface area contributed by atoms with E-state index in [9.17, 15) is 0 Å². The van der Waals surface area contributed by atoms with Crippen LogP contribution in [0.5, 0.6) is 0 Å². The molecule has 0 unspecified atom stereocenters. The third-order valence-corrected chi connectivity index (χ3v) is 4.06. The highest BCUT2D eigenvalue weighted by molar-refractivity contribution is 5.40. The highest BCUT2D eigenvalue weighted by Gasteiger charge is 2.53. The van der Waals surface area contributed by atoms with E-state index in [4.69, 9.17) is 9.78 Å². The maximum atomic E-state index is 5.26. The smallest absolute Gasteiger partial charge is 0.118 e. The van der Waals surface area contributed by atoms with Crippen molar-refractivity contribution < 1.29 is 9.78 Å². The molecule has 0 aromatic rings. The molecular weight excluding hydrogens is 152 g/mol. The summed E-state index contributed by atoms with van der Waals surface area (Å²) in [7, 11) is 0. The zero-order valence-electron chi connectivity index (χ0n) is 6.95. The van der Waals surface area contributed by atoms with Crippen LogP contribution in [0.25, 0.3) is 0 Å². The lowest BCUT2D eigenvalue weighted by Gasteiger charge is -2.22. The largest absolute Gasteiger partial charge is 0.228 e. The first-order chi connectivity index (χ1) is 5.93. The number of fused-ring (bicyclic) bond motifs is 8. The Morgan fingerprint density at radius 3 is 2.00 bits per heavy atom. The van der Waals surface area contributed by atoms with Gasteiger partial charge in [-0.2, -0.15) is 0 Å². The second-order valence-corrected chi connectivity index (χ2v) is 4.52. The van der Waals surface area contributed by atoms with Crippen LogP contribution in [0.3, 0.4) is 0 Å². The number of hydrogen-bond acceptors (Lipinski definition) is 2. The minimum atomic E-state index is 0.361. The van der Waals surface area contributed by atoms with E-state index in [0.717, 1.165) is 18.3 Å². The van der Waals surface area contributed by atoms with Gasteiger partial charge in [0.2, 0.25) is 0 Å². The van der Waals surface area contributed by atoms with Crippen LogP contribution in [-0.2, 0) is 9.78 Å². The van der Waals surface area contributed by atoms with Crippen molar-refractivity contribution in [3.63, 3.8) is 0 Å². The van der Waals surface area contributed by atoms with E-state index < -0.39 is 0 Å². The summed E-state index contributed by atoms with van der Waals surface area (Å²) in [5.41, 5.74) is 3.31. The van der Waals surface area contributed by atoms with Gasteiger partial charge in [0.1, 0.15) is 12.2 Å². The highest BCUT2D eigenvalue weighted by Crippen LogP contribution is 2.58. The van der Waals surface area contributed by atoms with Gasteiger partial charge in [0.15, 0.2) is 0 Å². The van der Waals surface area contributed by atoms with E-state index in [0.29, 0.717) is 12.2 Å². The Balaban J connectivity index is 1.90. The van der Waals surface area contributed by atoms with Gasteiger partial charge >= 0.3 is 0 Å². The van der Waals surface area contributed by atoms with Crippen molar-refractivity contribution in [1.82, 2.24) is 0 Å². The molecule has 1 saturated heterocycles. The van der Waals surface area contributed by atoms with Crippen LogP contribution in [0.1, 0.15) is 25.7 Å².